The van der Waals surface area contributed by atoms with Gasteiger partial charge in [-0.1, -0.05) is 12.1 Å². The van der Waals surface area contributed by atoms with Crippen LogP contribution in [0.2, 0.25) is 0 Å². The van der Waals surface area contributed by atoms with Crippen LogP contribution in [0.25, 0.3) is 11.2 Å². The minimum absolute atomic E-state index is 0.173. The number of rotatable bonds is 5. The maximum atomic E-state index is 13.1. The lowest BCUT2D eigenvalue weighted by molar-refractivity contribution is -0.143. The summed E-state index contributed by atoms with van der Waals surface area (Å²) in [6.07, 6.45) is 0. The van der Waals surface area contributed by atoms with E-state index in [2.05, 4.69) is 4.98 Å². The van der Waals surface area contributed by atoms with Crippen LogP contribution in [0.5, 0.6) is 5.75 Å². The van der Waals surface area contributed by atoms with Crippen molar-refractivity contribution in [3.05, 3.63) is 45.1 Å². The van der Waals surface area contributed by atoms with E-state index in [4.69, 9.17) is 9.47 Å². The highest BCUT2D eigenvalue weighted by Gasteiger charge is 2.30. The van der Waals surface area contributed by atoms with Crippen molar-refractivity contribution in [2.45, 2.75) is 20.0 Å². The van der Waals surface area contributed by atoms with E-state index in [-0.39, 0.29) is 17.8 Å². The number of esters is 1. The smallest absolute Gasteiger partial charge is 0.333 e. The number of para-hydroxylation sites is 2. The molecule has 3 aromatic rings. The van der Waals surface area contributed by atoms with E-state index in [9.17, 15) is 14.4 Å². The lowest BCUT2D eigenvalue weighted by atomic mass is 10.2. The maximum absolute atomic E-state index is 13.1. The molecule has 0 atom stereocenters. The van der Waals surface area contributed by atoms with Gasteiger partial charge in [0.25, 0.3) is 5.56 Å². The van der Waals surface area contributed by atoms with Crippen LogP contribution in [0.4, 0.5) is 11.6 Å². The first-order chi connectivity index (χ1) is 14.0. The first-order valence-electron chi connectivity index (χ1n) is 9.24. The van der Waals surface area contributed by atoms with Gasteiger partial charge in [0.05, 0.1) is 19.4 Å². The van der Waals surface area contributed by atoms with Crippen molar-refractivity contribution >= 4 is 28.8 Å². The molecule has 10 nitrogen and oxygen atoms in total. The summed E-state index contributed by atoms with van der Waals surface area (Å²) in [6, 6.07) is 7.53. The molecule has 0 bridgehead atoms. The van der Waals surface area contributed by atoms with Crippen molar-refractivity contribution < 1.29 is 14.3 Å². The number of carbonyl (C=O) groups excluding carboxylic acids is 1. The Morgan fingerprint density at radius 3 is 2.69 bits per heavy atom. The lowest BCUT2D eigenvalue weighted by Gasteiger charge is -2.18. The first-order valence-corrected chi connectivity index (χ1v) is 9.24. The monoisotopic (exact) mass is 399 g/mol. The van der Waals surface area contributed by atoms with E-state index in [1.54, 1.807) is 18.6 Å². The highest BCUT2D eigenvalue weighted by molar-refractivity contribution is 5.79. The Balaban J connectivity index is 1.89. The molecule has 0 saturated heterocycles. The summed E-state index contributed by atoms with van der Waals surface area (Å²) in [4.78, 5) is 44.1. The Morgan fingerprint density at radius 2 is 1.97 bits per heavy atom. The lowest BCUT2D eigenvalue weighted by Crippen LogP contribution is -2.41. The van der Waals surface area contributed by atoms with Gasteiger partial charge >= 0.3 is 11.7 Å². The highest BCUT2D eigenvalue weighted by atomic mass is 16.5. The number of hydrogen-bond acceptors (Lipinski definition) is 7. The predicted molar refractivity (Wildman–Crippen MR) is 106 cm³/mol. The fourth-order valence-corrected chi connectivity index (χ4v) is 3.63. The normalized spacial score (nSPS) is 13.0. The number of aromatic nitrogens is 4. The number of fused-ring (bicyclic) bond motifs is 3. The molecular formula is C19H21N5O5. The molecule has 0 radical (unpaired) electrons. The van der Waals surface area contributed by atoms with Gasteiger partial charge in [0.2, 0.25) is 5.95 Å². The van der Waals surface area contributed by atoms with Crippen molar-refractivity contribution in [2.24, 2.45) is 7.05 Å². The van der Waals surface area contributed by atoms with Crippen LogP contribution in [0.3, 0.4) is 0 Å². The standard InChI is InChI=1S/C19H21N5O5/c1-4-29-14(25)11-24-17(26)15-16(21(2)19(24)27)20-18-22(9-10-23(15)18)12-7-5-6-8-13(12)28-3/h5-8H,4,9-11H2,1-3H3. The summed E-state index contributed by atoms with van der Waals surface area (Å²) >= 11 is 0. The Bertz CT molecular complexity index is 1220. The Kier molecular flexibility index (Phi) is 4.61. The van der Waals surface area contributed by atoms with Gasteiger partial charge in [-0.15, -0.1) is 0 Å². The van der Waals surface area contributed by atoms with Crippen LogP contribution >= 0.6 is 0 Å². The molecule has 29 heavy (non-hydrogen) atoms. The number of hydrogen-bond donors (Lipinski definition) is 0. The molecule has 1 aromatic carbocycles. The Labute approximate surface area is 165 Å². The number of aryl methyl sites for hydroxylation is 1. The highest BCUT2D eigenvalue weighted by Crippen LogP contribution is 2.36. The van der Waals surface area contributed by atoms with E-state index >= 15 is 0 Å². The van der Waals surface area contributed by atoms with Crippen LogP contribution in [0, 0.1) is 0 Å². The molecule has 2 aromatic heterocycles. The molecule has 10 heteroatoms. The molecule has 0 spiro atoms. The fraction of sp³-hybridized carbons (Fsp3) is 0.368. The molecular weight excluding hydrogens is 378 g/mol. The van der Waals surface area contributed by atoms with Crippen molar-refractivity contribution in [1.82, 2.24) is 18.7 Å². The fourth-order valence-electron chi connectivity index (χ4n) is 3.63. The summed E-state index contributed by atoms with van der Waals surface area (Å²) in [5, 5.41) is 0. The average molecular weight is 399 g/mol. The molecule has 0 fully saturated rings. The third-order valence-corrected chi connectivity index (χ3v) is 4.97. The van der Waals surface area contributed by atoms with E-state index in [0.717, 1.165) is 10.3 Å². The SMILES string of the molecule is CCOC(=O)Cn1c(=O)c2c(nc3n2CCN3c2ccccc2OC)n(C)c1=O. The van der Waals surface area contributed by atoms with Crippen LogP contribution in [-0.2, 0) is 29.7 Å². The van der Waals surface area contributed by atoms with E-state index in [1.807, 2.05) is 29.2 Å². The summed E-state index contributed by atoms with van der Waals surface area (Å²) in [6.45, 7) is 2.51. The van der Waals surface area contributed by atoms with Crippen LogP contribution in [-0.4, -0.2) is 44.9 Å². The number of ether oxygens (including phenoxy) is 2. The maximum Gasteiger partial charge on any atom is 0.333 e. The van der Waals surface area contributed by atoms with Crippen LogP contribution < -0.4 is 20.9 Å². The molecule has 0 amide bonds. The molecule has 0 aliphatic carbocycles. The van der Waals surface area contributed by atoms with Crippen molar-refractivity contribution in [3.8, 4) is 5.75 Å². The Hall–Kier alpha value is -3.56. The summed E-state index contributed by atoms with van der Waals surface area (Å²) in [5.41, 5.74) is 0.201. The zero-order valence-corrected chi connectivity index (χ0v) is 16.4. The van der Waals surface area contributed by atoms with E-state index < -0.39 is 23.8 Å². The average Bonchev–Trinajstić information content (AvgIpc) is 3.29. The van der Waals surface area contributed by atoms with Crippen molar-refractivity contribution in [2.75, 3.05) is 25.2 Å². The zero-order valence-electron chi connectivity index (χ0n) is 16.4. The zero-order chi connectivity index (χ0) is 20.7. The van der Waals surface area contributed by atoms with Crippen LogP contribution in [0.15, 0.2) is 33.9 Å². The summed E-state index contributed by atoms with van der Waals surface area (Å²) in [5.74, 6) is 0.593. The largest absolute Gasteiger partial charge is 0.495 e. The van der Waals surface area contributed by atoms with Gasteiger partial charge in [-0.3, -0.25) is 14.2 Å². The number of imidazole rings is 1. The summed E-state index contributed by atoms with van der Waals surface area (Å²) < 4.78 is 14.3. The number of methoxy groups -OCH3 is 1. The molecule has 152 valence electrons. The second-order valence-electron chi connectivity index (χ2n) is 6.60. The predicted octanol–water partition coefficient (Wildman–Crippen LogP) is 0.620. The van der Waals surface area contributed by atoms with Crippen molar-refractivity contribution in [1.29, 1.82) is 0 Å². The quantitative estimate of drug-likeness (QED) is 0.580. The Morgan fingerprint density at radius 1 is 1.21 bits per heavy atom. The van der Waals surface area contributed by atoms with Gasteiger partial charge in [0, 0.05) is 20.1 Å². The first kappa shape index (κ1) is 18.8. The van der Waals surface area contributed by atoms with Gasteiger partial charge in [-0.05, 0) is 19.1 Å². The number of carbonyl (C=O) groups is 1. The molecule has 0 saturated carbocycles. The minimum Gasteiger partial charge on any atom is -0.495 e. The molecule has 1 aliphatic heterocycles. The topological polar surface area (TPSA) is 101 Å². The van der Waals surface area contributed by atoms with E-state index in [1.165, 1.54) is 11.6 Å². The number of nitrogens with zero attached hydrogens (tertiary/aromatic N) is 5. The number of anilines is 2. The molecule has 4 rings (SSSR count). The van der Waals surface area contributed by atoms with Gasteiger partial charge in [-0.25, -0.2) is 9.36 Å². The van der Waals surface area contributed by atoms with Gasteiger partial charge in [0.1, 0.15) is 12.3 Å². The van der Waals surface area contributed by atoms with E-state index in [0.29, 0.717) is 24.8 Å². The van der Waals surface area contributed by atoms with Gasteiger partial charge in [0.15, 0.2) is 11.2 Å². The molecule has 1 aliphatic rings. The van der Waals surface area contributed by atoms with Crippen molar-refractivity contribution in [3.63, 3.8) is 0 Å². The van der Waals surface area contributed by atoms with Gasteiger partial charge < -0.3 is 18.9 Å². The molecule has 0 N–H and O–H groups in total. The third kappa shape index (κ3) is 2.87. The second kappa shape index (κ2) is 7.12. The number of benzene rings is 1. The van der Waals surface area contributed by atoms with Crippen LogP contribution in [0.1, 0.15) is 6.92 Å². The minimum atomic E-state index is -0.636. The second-order valence-corrected chi connectivity index (χ2v) is 6.60. The third-order valence-electron chi connectivity index (χ3n) is 4.97. The van der Waals surface area contributed by atoms with Gasteiger partial charge in [-0.2, -0.15) is 4.98 Å². The molecule has 3 heterocycles. The summed E-state index contributed by atoms with van der Waals surface area (Å²) in [7, 11) is 3.12. The molecule has 0 unspecified atom stereocenters.